The summed E-state index contributed by atoms with van der Waals surface area (Å²) >= 11 is 0. The van der Waals surface area contributed by atoms with Gasteiger partial charge in [0.1, 0.15) is 5.82 Å². The number of pyridine rings is 1. The van der Waals surface area contributed by atoms with E-state index in [0.717, 1.165) is 83.5 Å². The average molecular weight is 450 g/mol. The highest BCUT2D eigenvalue weighted by Gasteiger charge is 2.20. The topological polar surface area (TPSA) is 59.0 Å². The van der Waals surface area contributed by atoms with Crippen LogP contribution in [0.5, 0.6) is 0 Å². The largest absolute Gasteiger partial charge is 0.354 e. The molecule has 4 rings (SSSR count). The number of likely N-dealkylation sites (tertiary alicyclic amines) is 1. The van der Waals surface area contributed by atoms with Gasteiger partial charge < -0.3 is 20.4 Å². The summed E-state index contributed by atoms with van der Waals surface area (Å²) in [6.07, 6.45) is 4.20. The molecular weight excluding hydrogens is 410 g/mol. The highest BCUT2D eigenvalue weighted by Crippen LogP contribution is 2.16. The second kappa shape index (κ2) is 12.0. The summed E-state index contributed by atoms with van der Waals surface area (Å²) in [5, 5.41) is 7.13. The first-order valence-electron chi connectivity index (χ1n) is 12.4. The molecule has 1 aromatic carbocycles. The summed E-state index contributed by atoms with van der Waals surface area (Å²) in [6.45, 7) is 11.7. The fourth-order valence-corrected chi connectivity index (χ4v) is 4.69. The van der Waals surface area contributed by atoms with Crippen LogP contribution < -0.4 is 15.5 Å². The van der Waals surface area contributed by atoms with Gasteiger partial charge in [0.05, 0.1) is 0 Å². The molecule has 0 unspecified atom stereocenters. The van der Waals surface area contributed by atoms with Crippen molar-refractivity contribution in [2.24, 2.45) is 4.99 Å². The standard InChI is InChI=1S/C26H39N7/c1-3-31-15-17-33(18-16-31)25-19-23(9-12-28-25)20-29-26(27-2)30-24-10-13-32(14-11-24)21-22-7-5-4-6-8-22/h4-9,12,19,24H,3,10-11,13-18,20-21H2,1-2H3,(H2,27,29,30). The van der Waals surface area contributed by atoms with E-state index >= 15 is 0 Å². The van der Waals surface area contributed by atoms with Crippen LogP contribution in [0.25, 0.3) is 0 Å². The molecule has 0 saturated carbocycles. The monoisotopic (exact) mass is 449 g/mol. The van der Waals surface area contributed by atoms with E-state index in [1.54, 1.807) is 0 Å². The van der Waals surface area contributed by atoms with Crippen molar-refractivity contribution in [2.75, 3.05) is 57.8 Å². The summed E-state index contributed by atoms with van der Waals surface area (Å²) in [4.78, 5) is 16.5. The Bertz CT molecular complexity index is 869. The molecule has 2 fully saturated rings. The predicted molar refractivity (Wildman–Crippen MR) is 137 cm³/mol. The molecule has 2 aliphatic rings. The van der Waals surface area contributed by atoms with Gasteiger partial charge in [0.15, 0.2) is 5.96 Å². The van der Waals surface area contributed by atoms with Crippen LogP contribution in [0.1, 0.15) is 30.9 Å². The molecule has 2 N–H and O–H groups in total. The molecule has 0 spiro atoms. The second-order valence-electron chi connectivity index (χ2n) is 9.05. The third kappa shape index (κ3) is 6.92. The normalized spacial score (nSPS) is 19.0. The highest BCUT2D eigenvalue weighted by atomic mass is 15.3. The van der Waals surface area contributed by atoms with Gasteiger partial charge in [-0.2, -0.15) is 0 Å². The molecule has 7 heteroatoms. The van der Waals surface area contributed by atoms with E-state index in [9.17, 15) is 0 Å². The number of nitrogens with one attached hydrogen (secondary N) is 2. The van der Waals surface area contributed by atoms with Crippen molar-refractivity contribution in [3.8, 4) is 0 Å². The minimum absolute atomic E-state index is 0.464. The van der Waals surface area contributed by atoms with Crippen LogP contribution >= 0.6 is 0 Å². The molecule has 0 aliphatic carbocycles. The number of guanidine groups is 1. The van der Waals surface area contributed by atoms with Crippen LogP contribution in [0.4, 0.5) is 5.82 Å². The van der Waals surface area contributed by atoms with Crippen LogP contribution in [0.2, 0.25) is 0 Å². The molecule has 2 saturated heterocycles. The fraction of sp³-hybridized carbons (Fsp3) is 0.538. The van der Waals surface area contributed by atoms with Crippen molar-refractivity contribution in [1.82, 2.24) is 25.4 Å². The molecule has 0 amide bonds. The summed E-state index contributed by atoms with van der Waals surface area (Å²) < 4.78 is 0. The third-order valence-electron chi connectivity index (χ3n) is 6.81. The molecule has 178 valence electrons. The second-order valence-corrected chi connectivity index (χ2v) is 9.05. The third-order valence-corrected chi connectivity index (χ3v) is 6.81. The minimum Gasteiger partial charge on any atom is -0.354 e. The van der Waals surface area contributed by atoms with Crippen LogP contribution in [-0.4, -0.2) is 79.6 Å². The summed E-state index contributed by atoms with van der Waals surface area (Å²) in [7, 11) is 1.85. The van der Waals surface area contributed by atoms with E-state index in [2.05, 4.69) is 84.7 Å². The Kier molecular flexibility index (Phi) is 8.55. The number of nitrogens with zero attached hydrogens (tertiary/aromatic N) is 5. The summed E-state index contributed by atoms with van der Waals surface area (Å²) in [6, 6.07) is 15.5. The number of piperidine rings is 1. The number of benzene rings is 1. The molecule has 7 nitrogen and oxygen atoms in total. The smallest absolute Gasteiger partial charge is 0.191 e. The molecule has 0 atom stereocenters. The minimum atomic E-state index is 0.464. The summed E-state index contributed by atoms with van der Waals surface area (Å²) in [5.74, 6) is 1.96. The number of likely N-dealkylation sites (N-methyl/N-ethyl adjacent to an activating group) is 1. The van der Waals surface area contributed by atoms with Gasteiger partial charge in [0.2, 0.25) is 0 Å². The van der Waals surface area contributed by atoms with Gasteiger partial charge in [-0.1, -0.05) is 37.3 Å². The van der Waals surface area contributed by atoms with Gasteiger partial charge in [0.25, 0.3) is 0 Å². The lowest BCUT2D eigenvalue weighted by Gasteiger charge is -2.35. The maximum absolute atomic E-state index is 4.62. The zero-order chi connectivity index (χ0) is 22.9. The molecule has 2 aromatic rings. The van der Waals surface area contributed by atoms with E-state index in [1.165, 1.54) is 11.1 Å². The van der Waals surface area contributed by atoms with Crippen LogP contribution in [0.3, 0.4) is 0 Å². The lowest BCUT2D eigenvalue weighted by Crippen LogP contribution is -2.48. The Morgan fingerprint density at radius 3 is 2.42 bits per heavy atom. The fourth-order valence-electron chi connectivity index (χ4n) is 4.69. The van der Waals surface area contributed by atoms with E-state index < -0.39 is 0 Å². The number of hydrogen-bond acceptors (Lipinski definition) is 5. The first-order valence-corrected chi connectivity index (χ1v) is 12.4. The van der Waals surface area contributed by atoms with E-state index in [4.69, 9.17) is 0 Å². The Labute approximate surface area is 198 Å². The van der Waals surface area contributed by atoms with Gasteiger partial charge in [0, 0.05) is 71.6 Å². The molecule has 0 bridgehead atoms. The highest BCUT2D eigenvalue weighted by molar-refractivity contribution is 5.80. The number of piperazine rings is 1. The maximum Gasteiger partial charge on any atom is 0.191 e. The first-order chi connectivity index (χ1) is 16.2. The Morgan fingerprint density at radius 1 is 0.970 bits per heavy atom. The van der Waals surface area contributed by atoms with Crippen molar-refractivity contribution in [3.63, 3.8) is 0 Å². The quantitative estimate of drug-likeness (QED) is 0.501. The number of aliphatic imine (C=N–C) groups is 1. The average Bonchev–Trinajstić information content (AvgIpc) is 2.88. The Hall–Kier alpha value is -2.64. The Balaban J connectivity index is 1.22. The molecule has 0 radical (unpaired) electrons. The van der Waals surface area contributed by atoms with Gasteiger partial charge in [-0.25, -0.2) is 4.98 Å². The first kappa shape index (κ1) is 23.5. The molecule has 1 aromatic heterocycles. The SMILES string of the molecule is CCN1CCN(c2cc(CNC(=NC)NC3CCN(Cc4ccccc4)CC3)ccn2)CC1. The molecule has 33 heavy (non-hydrogen) atoms. The number of anilines is 1. The molecule has 2 aliphatic heterocycles. The maximum atomic E-state index is 4.62. The van der Waals surface area contributed by atoms with Gasteiger partial charge in [-0.05, 0) is 42.6 Å². The number of aromatic nitrogens is 1. The zero-order valence-electron chi connectivity index (χ0n) is 20.2. The van der Waals surface area contributed by atoms with Gasteiger partial charge in [-0.3, -0.25) is 9.89 Å². The van der Waals surface area contributed by atoms with Crippen molar-refractivity contribution in [3.05, 3.63) is 59.8 Å². The lowest BCUT2D eigenvalue weighted by molar-refractivity contribution is 0.198. The Morgan fingerprint density at radius 2 is 1.73 bits per heavy atom. The lowest BCUT2D eigenvalue weighted by atomic mass is 10.0. The van der Waals surface area contributed by atoms with E-state index in [1.807, 2.05) is 13.2 Å². The molecular formula is C26H39N7. The van der Waals surface area contributed by atoms with Crippen molar-refractivity contribution >= 4 is 11.8 Å². The summed E-state index contributed by atoms with van der Waals surface area (Å²) in [5.41, 5.74) is 2.63. The van der Waals surface area contributed by atoms with E-state index in [0.29, 0.717) is 6.04 Å². The number of hydrogen-bond donors (Lipinski definition) is 2. The van der Waals surface area contributed by atoms with Crippen LogP contribution in [0, 0.1) is 0 Å². The zero-order valence-corrected chi connectivity index (χ0v) is 20.2. The van der Waals surface area contributed by atoms with Crippen molar-refractivity contribution in [2.45, 2.75) is 38.9 Å². The number of rotatable bonds is 7. The van der Waals surface area contributed by atoms with Gasteiger partial charge in [-0.15, -0.1) is 0 Å². The van der Waals surface area contributed by atoms with Gasteiger partial charge >= 0.3 is 0 Å². The molecule has 3 heterocycles. The van der Waals surface area contributed by atoms with Crippen molar-refractivity contribution in [1.29, 1.82) is 0 Å². The van der Waals surface area contributed by atoms with Crippen LogP contribution in [0.15, 0.2) is 53.7 Å². The van der Waals surface area contributed by atoms with Crippen molar-refractivity contribution < 1.29 is 0 Å². The van der Waals surface area contributed by atoms with Crippen LogP contribution in [-0.2, 0) is 13.1 Å². The predicted octanol–water partition coefficient (Wildman–Crippen LogP) is 2.55. The van der Waals surface area contributed by atoms with E-state index in [-0.39, 0.29) is 0 Å².